The Morgan fingerprint density at radius 1 is 1.41 bits per heavy atom. The molecule has 7 nitrogen and oxygen atoms in total. The Labute approximate surface area is 99.8 Å². The zero-order valence-corrected chi connectivity index (χ0v) is 10.3. The van der Waals surface area contributed by atoms with Crippen LogP contribution in [-0.2, 0) is 20.1 Å². The average molecular weight is 235 g/mol. The summed E-state index contributed by atoms with van der Waals surface area (Å²) in [7, 11) is 1.75. The summed E-state index contributed by atoms with van der Waals surface area (Å²) in [6.45, 7) is 5.61. The predicted molar refractivity (Wildman–Crippen MR) is 62.1 cm³/mol. The van der Waals surface area contributed by atoms with E-state index in [2.05, 4.69) is 39.7 Å². The Morgan fingerprint density at radius 2 is 2.24 bits per heavy atom. The zero-order valence-electron chi connectivity index (χ0n) is 10.3. The van der Waals surface area contributed by atoms with Crippen LogP contribution in [0.3, 0.4) is 0 Å². The molecule has 2 rings (SSSR count). The normalized spacial score (nSPS) is 11.3. The minimum atomic E-state index is 0.472. The van der Waals surface area contributed by atoms with Crippen LogP contribution < -0.4 is 5.32 Å². The maximum Gasteiger partial charge on any atom is 0.196 e. The van der Waals surface area contributed by atoms with Crippen LogP contribution in [0.15, 0.2) is 12.4 Å². The molecular weight excluding hydrogens is 218 g/mol. The van der Waals surface area contributed by atoms with Crippen molar-refractivity contribution >= 4 is 0 Å². The highest BCUT2D eigenvalue weighted by molar-refractivity contribution is 5.04. The molecule has 0 unspecified atom stereocenters. The zero-order chi connectivity index (χ0) is 12.3. The molecule has 17 heavy (non-hydrogen) atoms. The molecule has 2 heterocycles. The van der Waals surface area contributed by atoms with Gasteiger partial charge in [0, 0.05) is 24.3 Å². The molecule has 0 spiro atoms. The van der Waals surface area contributed by atoms with Gasteiger partial charge in [-0.15, -0.1) is 10.2 Å². The lowest BCUT2D eigenvalue weighted by Gasteiger charge is -2.04. The van der Waals surface area contributed by atoms with Crippen molar-refractivity contribution in [1.29, 1.82) is 0 Å². The Morgan fingerprint density at radius 3 is 2.88 bits per heavy atom. The van der Waals surface area contributed by atoms with Crippen molar-refractivity contribution in [3.05, 3.63) is 23.8 Å². The average Bonchev–Trinajstić information content (AvgIpc) is 2.86. The molecule has 92 valence electrons. The first-order valence-corrected chi connectivity index (χ1v) is 5.61. The lowest BCUT2D eigenvalue weighted by molar-refractivity contribution is 0.587. The molecule has 0 aliphatic carbocycles. The Bertz CT molecular complexity index is 470. The van der Waals surface area contributed by atoms with E-state index < -0.39 is 0 Å². The maximum atomic E-state index is 4.26. The van der Waals surface area contributed by atoms with Gasteiger partial charge in [-0.05, 0) is 5.21 Å². The SMILES string of the molecule is CC(C)NCc1cnn(Cc2nnn(C)n2)c1. The van der Waals surface area contributed by atoms with E-state index in [1.165, 1.54) is 4.80 Å². The lowest BCUT2D eigenvalue weighted by atomic mass is 10.3. The van der Waals surface area contributed by atoms with E-state index in [-0.39, 0.29) is 0 Å². The summed E-state index contributed by atoms with van der Waals surface area (Å²) in [5.74, 6) is 0.666. The highest BCUT2D eigenvalue weighted by Crippen LogP contribution is 2.00. The van der Waals surface area contributed by atoms with E-state index in [1.807, 2.05) is 17.1 Å². The number of hydrogen-bond acceptors (Lipinski definition) is 5. The molecule has 0 aliphatic rings. The van der Waals surface area contributed by atoms with E-state index in [9.17, 15) is 0 Å². The number of nitrogens with one attached hydrogen (secondary N) is 1. The van der Waals surface area contributed by atoms with Crippen molar-refractivity contribution in [1.82, 2.24) is 35.3 Å². The molecule has 0 bridgehead atoms. The summed E-state index contributed by atoms with van der Waals surface area (Å²) in [4.78, 5) is 1.44. The molecule has 2 aromatic rings. The van der Waals surface area contributed by atoms with Crippen molar-refractivity contribution in [2.45, 2.75) is 33.0 Å². The molecule has 2 aromatic heterocycles. The molecule has 0 saturated carbocycles. The third-order valence-electron chi connectivity index (χ3n) is 2.25. The second-order valence-corrected chi connectivity index (χ2v) is 4.28. The fourth-order valence-corrected chi connectivity index (χ4v) is 1.44. The van der Waals surface area contributed by atoms with Gasteiger partial charge in [-0.3, -0.25) is 4.68 Å². The Kier molecular flexibility index (Phi) is 3.48. The first kappa shape index (κ1) is 11.7. The monoisotopic (exact) mass is 235 g/mol. The van der Waals surface area contributed by atoms with E-state index in [0.29, 0.717) is 18.4 Å². The summed E-state index contributed by atoms with van der Waals surface area (Å²) >= 11 is 0. The topological polar surface area (TPSA) is 73.5 Å². The van der Waals surface area contributed by atoms with Crippen LogP contribution in [0.5, 0.6) is 0 Å². The van der Waals surface area contributed by atoms with E-state index >= 15 is 0 Å². The molecule has 0 atom stereocenters. The van der Waals surface area contributed by atoms with E-state index in [4.69, 9.17) is 0 Å². The van der Waals surface area contributed by atoms with Gasteiger partial charge in [0.2, 0.25) is 0 Å². The van der Waals surface area contributed by atoms with Crippen molar-refractivity contribution in [3.63, 3.8) is 0 Å². The molecule has 0 radical (unpaired) electrons. The van der Waals surface area contributed by atoms with Crippen LogP contribution in [0.2, 0.25) is 0 Å². The molecule has 0 amide bonds. The first-order valence-electron chi connectivity index (χ1n) is 5.61. The van der Waals surface area contributed by atoms with Crippen molar-refractivity contribution in [2.24, 2.45) is 7.05 Å². The number of nitrogens with zero attached hydrogens (tertiary/aromatic N) is 6. The van der Waals surface area contributed by atoms with E-state index in [1.54, 1.807) is 7.05 Å². The maximum absolute atomic E-state index is 4.26. The van der Waals surface area contributed by atoms with Gasteiger partial charge < -0.3 is 5.32 Å². The summed E-state index contributed by atoms with van der Waals surface area (Å²) in [5.41, 5.74) is 1.16. The Balaban J connectivity index is 1.94. The van der Waals surface area contributed by atoms with Crippen molar-refractivity contribution in [2.75, 3.05) is 0 Å². The third kappa shape index (κ3) is 3.35. The van der Waals surface area contributed by atoms with Crippen LogP contribution in [-0.4, -0.2) is 36.0 Å². The molecule has 0 saturated heterocycles. The van der Waals surface area contributed by atoms with Crippen LogP contribution >= 0.6 is 0 Å². The molecular formula is C10H17N7. The second kappa shape index (κ2) is 5.05. The molecule has 0 aromatic carbocycles. The van der Waals surface area contributed by atoms with Gasteiger partial charge in [-0.2, -0.15) is 9.90 Å². The highest BCUT2D eigenvalue weighted by atomic mass is 15.6. The molecule has 7 heteroatoms. The standard InChI is InChI=1S/C10H17N7/c1-8(2)11-4-9-5-12-17(6-9)7-10-13-15-16(3)14-10/h5-6,8,11H,4,7H2,1-3H3. The van der Waals surface area contributed by atoms with Crippen molar-refractivity contribution in [3.8, 4) is 0 Å². The van der Waals surface area contributed by atoms with Gasteiger partial charge in [-0.1, -0.05) is 13.8 Å². The molecule has 0 fully saturated rings. The van der Waals surface area contributed by atoms with Gasteiger partial charge in [-0.25, -0.2) is 0 Å². The third-order valence-corrected chi connectivity index (χ3v) is 2.25. The summed E-state index contributed by atoms with van der Waals surface area (Å²) < 4.78 is 1.81. The smallest absolute Gasteiger partial charge is 0.196 e. The van der Waals surface area contributed by atoms with Crippen LogP contribution in [0.25, 0.3) is 0 Å². The lowest BCUT2D eigenvalue weighted by Crippen LogP contribution is -2.21. The first-order chi connectivity index (χ1) is 8.13. The quantitative estimate of drug-likeness (QED) is 0.786. The minimum Gasteiger partial charge on any atom is -0.310 e. The number of aromatic nitrogens is 6. The van der Waals surface area contributed by atoms with Gasteiger partial charge in [0.25, 0.3) is 0 Å². The fourth-order valence-electron chi connectivity index (χ4n) is 1.44. The highest BCUT2D eigenvalue weighted by Gasteiger charge is 2.04. The predicted octanol–water partition coefficient (Wildman–Crippen LogP) is -0.0471. The number of hydrogen-bond donors (Lipinski definition) is 1. The number of tetrazole rings is 1. The van der Waals surface area contributed by atoms with Crippen LogP contribution in [0.4, 0.5) is 0 Å². The fraction of sp³-hybridized carbons (Fsp3) is 0.600. The second-order valence-electron chi connectivity index (χ2n) is 4.28. The summed E-state index contributed by atoms with van der Waals surface area (Å²) in [6, 6.07) is 0.472. The van der Waals surface area contributed by atoms with Gasteiger partial charge in [0.05, 0.1) is 13.2 Å². The van der Waals surface area contributed by atoms with Crippen LogP contribution in [0.1, 0.15) is 25.2 Å². The number of rotatable bonds is 5. The summed E-state index contributed by atoms with van der Waals surface area (Å²) in [6.07, 6.45) is 3.84. The van der Waals surface area contributed by atoms with E-state index in [0.717, 1.165) is 12.1 Å². The Hall–Kier alpha value is -1.76. The largest absolute Gasteiger partial charge is 0.310 e. The van der Waals surface area contributed by atoms with Crippen LogP contribution in [0, 0.1) is 0 Å². The number of aryl methyl sites for hydroxylation is 1. The van der Waals surface area contributed by atoms with Gasteiger partial charge in [0.1, 0.15) is 6.54 Å². The van der Waals surface area contributed by atoms with Gasteiger partial charge >= 0.3 is 0 Å². The van der Waals surface area contributed by atoms with Crippen molar-refractivity contribution < 1.29 is 0 Å². The minimum absolute atomic E-state index is 0.472. The molecule has 0 aliphatic heterocycles. The van der Waals surface area contributed by atoms with Gasteiger partial charge in [0.15, 0.2) is 5.82 Å². The molecule has 1 N–H and O–H groups in total. The summed E-state index contributed by atoms with van der Waals surface area (Å²) in [5, 5.41) is 19.4.